The Balaban J connectivity index is 2.40. The van der Waals surface area contributed by atoms with Crippen LogP contribution in [0.4, 0.5) is 0 Å². The molecule has 0 bridgehead atoms. The van der Waals surface area contributed by atoms with E-state index in [4.69, 9.17) is 42.1 Å². The van der Waals surface area contributed by atoms with Crippen LogP contribution in [0.1, 0.15) is 13.8 Å². The number of aliphatic hydroxyl groups is 3. The van der Waals surface area contributed by atoms with Crippen molar-refractivity contribution in [2.24, 2.45) is 0 Å². The van der Waals surface area contributed by atoms with Gasteiger partial charge in [-0.3, -0.25) is 9.22 Å². The van der Waals surface area contributed by atoms with Gasteiger partial charge in [-0.2, -0.15) is 0 Å². The first-order chi connectivity index (χ1) is 18.2. The van der Waals surface area contributed by atoms with Crippen LogP contribution < -0.4 is 5.26 Å². The van der Waals surface area contributed by atoms with E-state index in [2.05, 4.69) is 9.37 Å². The third-order valence-corrected chi connectivity index (χ3v) is 9.07. The van der Waals surface area contributed by atoms with Crippen LogP contribution in [0.2, 0.25) is 0 Å². The first kappa shape index (κ1) is 34.3. The van der Waals surface area contributed by atoms with E-state index in [-0.39, 0.29) is 57.4 Å². The summed E-state index contributed by atoms with van der Waals surface area (Å²) < 4.78 is 55.2. The van der Waals surface area contributed by atoms with Gasteiger partial charge in [0.15, 0.2) is 23.4 Å². The van der Waals surface area contributed by atoms with Crippen molar-refractivity contribution < 1.29 is 72.0 Å². The number of ether oxygens (including phenoxy) is 8. The predicted octanol–water partition coefficient (Wildman–Crippen LogP) is -2.01. The number of aliphatic hydroxyl groups excluding tert-OH is 3. The largest absolute Gasteiger partial charge is 0.691 e. The van der Waals surface area contributed by atoms with Crippen LogP contribution in [0.5, 0.6) is 0 Å². The summed E-state index contributed by atoms with van der Waals surface area (Å²) in [5, 5.41) is 43.7. The molecule has 0 amide bonds. The van der Waals surface area contributed by atoms with Crippen molar-refractivity contribution in [2.75, 3.05) is 66.4 Å². The van der Waals surface area contributed by atoms with Gasteiger partial charge < -0.3 is 58.5 Å². The van der Waals surface area contributed by atoms with Gasteiger partial charge in [0.1, 0.15) is 74.6 Å². The minimum absolute atomic E-state index is 0.00689. The van der Waals surface area contributed by atoms with Gasteiger partial charge >= 0.3 is 0 Å². The molecule has 2 heterocycles. The van der Waals surface area contributed by atoms with E-state index in [1.165, 1.54) is 21.3 Å². The SMILES string of the molecule is COCOCC(OCOC)C(OCOC)[C@@H]1OC(C)(C)O[C@H](C[S+]2C[C@@H](O)[C@H](O)[C@H]2CO)C1OSOO[O-]. The van der Waals surface area contributed by atoms with Gasteiger partial charge in [-0.15, -0.1) is 4.33 Å². The molecule has 0 spiro atoms. The average Bonchev–Trinajstić information content (AvgIpc) is 3.14. The summed E-state index contributed by atoms with van der Waals surface area (Å²) in [5.41, 5.74) is 0. The lowest BCUT2D eigenvalue weighted by Gasteiger charge is -2.47. The molecule has 2 fully saturated rings. The highest BCUT2D eigenvalue weighted by atomic mass is 32.2. The van der Waals surface area contributed by atoms with Crippen LogP contribution in [-0.2, 0) is 62.3 Å². The third-order valence-electron chi connectivity index (χ3n) is 5.85. The molecule has 226 valence electrons. The number of hydrogen-bond donors (Lipinski definition) is 3. The Morgan fingerprint density at radius 2 is 1.74 bits per heavy atom. The van der Waals surface area contributed by atoms with Gasteiger partial charge in [0.25, 0.3) is 0 Å². The quantitative estimate of drug-likeness (QED) is 0.0371. The second-order valence-corrected chi connectivity index (χ2v) is 11.8. The highest BCUT2D eigenvalue weighted by Crippen LogP contribution is 2.37. The topological polar surface area (TPSA) is 185 Å². The van der Waals surface area contributed by atoms with E-state index in [0.717, 1.165) is 0 Å². The van der Waals surface area contributed by atoms with E-state index < -0.39 is 64.7 Å². The Labute approximate surface area is 229 Å². The molecule has 2 rings (SSSR count). The van der Waals surface area contributed by atoms with E-state index in [1.807, 2.05) is 0 Å². The summed E-state index contributed by atoms with van der Waals surface area (Å²) in [6.45, 7) is 2.89. The zero-order valence-corrected chi connectivity index (χ0v) is 23.8. The molecule has 2 aliphatic heterocycles. The fraction of sp³-hybridized carbons (Fsp3) is 1.00. The Hall–Kier alpha value is 0.1000. The van der Waals surface area contributed by atoms with Gasteiger partial charge in [-0.05, 0) is 13.8 Å². The Morgan fingerprint density at radius 1 is 1.05 bits per heavy atom. The second kappa shape index (κ2) is 17.8. The smallest absolute Gasteiger partial charge is 0.194 e. The summed E-state index contributed by atoms with van der Waals surface area (Å²) in [7, 11) is 3.75. The first-order valence-electron chi connectivity index (χ1n) is 11.8. The number of methoxy groups -OCH3 is 3. The Kier molecular flexibility index (Phi) is 16.1. The average molecular weight is 597 g/mol. The second-order valence-electron chi connectivity index (χ2n) is 8.98. The van der Waals surface area contributed by atoms with E-state index in [0.29, 0.717) is 0 Å². The molecule has 4 unspecified atom stereocenters. The molecule has 15 nitrogen and oxygen atoms in total. The minimum atomic E-state index is -1.15. The van der Waals surface area contributed by atoms with Crippen LogP contribution in [0.15, 0.2) is 0 Å². The standard InChI is InChI=1S/C21H40O15S2/c1-21(2)32-15(9-38-8-13(23)17(24)16(38)6-22)19(34-37-36-35-25)20(33-21)18(31-12-28-5)14(30-11-27-4)7-29-10-26-3/h13-20,22-24H,6-12H2,1-5H3/t13-,14?,15-,16-,17+,18?,19?,20+,38?/m1/s1. The zero-order chi connectivity index (χ0) is 28.1. The van der Waals surface area contributed by atoms with Crippen LogP contribution in [0.25, 0.3) is 0 Å². The Bertz CT molecular complexity index is 635. The maximum atomic E-state index is 10.4. The predicted molar refractivity (Wildman–Crippen MR) is 130 cm³/mol. The van der Waals surface area contributed by atoms with Gasteiger partial charge in [0.05, 0.1) is 13.2 Å². The molecule has 2 saturated heterocycles. The highest BCUT2D eigenvalue weighted by molar-refractivity contribution is 7.97. The van der Waals surface area contributed by atoms with Crippen LogP contribution in [0.3, 0.4) is 0 Å². The molecule has 0 aromatic heterocycles. The number of rotatable bonds is 19. The highest BCUT2D eigenvalue weighted by Gasteiger charge is 2.56. The lowest BCUT2D eigenvalue weighted by atomic mass is 9.97. The summed E-state index contributed by atoms with van der Waals surface area (Å²) >= 11 is 0.282. The van der Waals surface area contributed by atoms with Crippen molar-refractivity contribution in [2.45, 2.75) is 67.6 Å². The van der Waals surface area contributed by atoms with Crippen molar-refractivity contribution in [1.29, 1.82) is 0 Å². The Morgan fingerprint density at radius 3 is 2.37 bits per heavy atom. The maximum absolute atomic E-state index is 10.4. The molecule has 3 N–H and O–H groups in total. The molecule has 9 atom stereocenters. The fourth-order valence-electron chi connectivity index (χ4n) is 4.34. The maximum Gasteiger partial charge on any atom is 0.194 e. The van der Waals surface area contributed by atoms with Crippen molar-refractivity contribution in [1.82, 2.24) is 0 Å². The van der Waals surface area contributed by atoms with Crippen LogP contribution >= 0.6 is 12.3 Å². The molecule has 0 radical (unpaired) electrons. The zero-order valence-electron chi connectivity index (χ0n) is 22.1. The van der Waals surface area contributed by atoms with Gasteiger partial charge in [0.2, 0.25) is 0 Å². The molecule has 0 saturated carbocycles. The van der Waals surface area contributed by atoms with Gasteiger partial charge in [0, 0.05) is 32.2 Å². The summed E-state index contributed by atoms with van der Waals surface area (Å²) in [6, 6.07) is 0. The van der Waals surface area contributed by atoms with Gasteiger partial charge in [-0.1, -0.05) is 0 Å². The molecule has 17 heteroatoms. The molecular formula is C21H40O15S2. The van der Waals surface area contributed by atoms with Crippen LogP contribution in [-0.4, -0.2) is 136 Å². The fourth-order valence-corrected chi connectivity index (χ4v) is 7.45. The van der Waals surface area contributed by atoms with Crippen molar-refractivity contribution >= 4 is 23.2 Å². The third kappa shape index (κ3) is 10.2. The molecule has 0 aromatic carbocycles. The summed E-state index contributed by atoms with van der Waals surface area (Å²) in [5.74, 6) is -0.599. The summed E-state index contributed by atoms with van der Waals surface area (Å²) in [6.07, 6.45) is -6.30. The minimum Gasteiger partial charge on any atom is -0.691 e. The van der Waals surface area contributed by atoms with E-state index in [9.17, 15) is 20.6 Å². The first-order valence-corrected chi connectivity index (χ1v) is 14.1. The number of hydrogen-bond acceptors (Lipinski definition) is 16. The normalized spacial score (nSPS) is 32.9. The lowest BCUT2D eigenvalue weighted by Crippen LogP contribution is -2.63. The molecule has 0 aromatic rings. The van der Waals surface area contributed by atoms with Gasteiger partial charge in [-0.25, -0.2) is 0 Å². The monoisotopic (exact) mass is 596 g/mol. The van der Waals surface area contributed by atoms with Crippen molar-refractivity contribution in [3.8, 4) is 0 Å². The van der Waals surface area contributed by atoms with E-state index >= 15 is 0 Å². The molecule has 0 aliphatic carbocycles. The van der Waals surface area contributed by atoms with E-state index in [1.54, 1.807) is 13.8 Å². The van der Waals surface area contributed by atoms with Crippen molar-refractivity contribution in [3.05, 3.63) is 0 Å². The lowest BCUT2D eigenvalue weighted by molar-refractivity contribution is -0.777. The summed E-state index contributed by atoms with van der Waals surface area (Å²) in [4.78, 5) is 0. The van der Waals surface area contributed by atoms with Crippen LogP contribution in [0, 0.1) is 0 Å². The molecule has 2 aliphatic rings. The molecule has 38 heavy (non-hydrogen) atoms. The molecular weight excluding hydrogens is 556 g/mol. The van der Waals surface area contributed by atoms with Crippen molar-refractivity contribution in [3.63, 3.8) is 0 Å².